The number of ether oxygens (including phenoxy) is 1. The molecule has 3 aromatic rings. The van der Waals surface area contributed by atoms with E-state index in [9.17, 15) is 14.4 Å². The predicted octanol–water partition coefficient (Wildman–Crippen LogP) is 3.16. The second-order valence-corrected chi connectivity index (χ2v) is 9.88. The molecule has 3 aliphatic rings. The van der Waals surface area contributed by atoms with Crippen molar-refractivity contribution in [1.29, 1.82) is 0 Å². The Kier molecular flexibility index (Phi) is 6.18. The monoisotopic (exact) mass is 496 g/mol. The molecule has 1 N–H and O–H groups in total. The lowest BCUT2D eigenvalue weighted by Gasteiger charge is -2.29. The number of fused-ring (bicyclic) bond motifs is 1. The molecule has 2 fully saturated rings. The van der Waals surface area contributed by atoms with E-state index >= 15 is 0 Å². The first kappa shape index (κ1) is 23.4. The first-order chi connectivity index (χ1) is 18.0. The number of carbonyl (C=O) groups excluding carboxylic acids is 3. The number of hydrogen-bond donors (Lipinski definition) is 1. The number of piperidine rings is 1. The van der Waals surface area contributed by atoms with Crippen molar-refractivity contribution >= 4 is 17.7 Å². The van der Waals surface area contributed by atoms with Gasteiger partial charge in [-0.1, -0.05) is 30.3 Å². The Morgan fingerprint density at radius 2 is 1.84 bits per heavy atom. The van der Waals surface area contributed by atoms with Crippen LogP contribution in [0.3, 0.4) is 0 Å². The van der Waals surface area contributed by atoms with Crippen LogP contribution >= 0.6 is 0 Å². The lowest BCUT2D eigenvalue weighted by atomic mass is 10.0. The fourth-order valence-electron chi connectivity index (χ4n) is 5.46. The van der Waals surface area contributed by atoms with Crippen LogP contribution in [0.5, 0.6) is 5.75 Å². The maximum atomic E-state index is 12.9. The Bertz CT molecular complexity index is 1360. The second-order valence-electron chi connectivity index (χ2n) is 9.88. The molecule has 2 saturated heterocycles. The third kappa shape index (κ3) is 4.84. The number of benzene rings is 2. The zero-order chi connectivity index (χ0) is 25.4. The highest BCUT2D eigenvalue weighted by Crippen LogP contribution is 2.31. The van der Waals surface area contributed by atoms with Gasteiger partial charge in [-0.3, -0.25) is 29.6 Å². The van der Waals surface area contributed by atoms with Crippen LogP contribution in [0.25, 0.3) is 11.1 Å². The number of carbonyl (C=O) groups is 3. The van der Waals surface area contributed by atoms with E-state index < -0.39 is 11.9 Å². The lowest BCUT2D eigenvalue weighted by molar-refractivity contribution is -0.136. The van der Waals surface area contributed by atoms with E-state index in [0.29, 0.717) is 18.5 Å². The standard InChI is InChI=1S/C29H28N4O4/c34-27-9-8-26(28(35)31-27)33-16-21-15-23(6-7-25(21)29(33)36)37-24-11-13-32(18-24)17-22-14-20(10-12-30-22)19-4-2-1-3-5-19/h1-7,10,12,14-15,24,26H,8-9,11,13,16-18H2,(H,31,34,35)/t24-,26?/m0/s1. The largest absolute Gasteiger partial charge is 0.489 e. The molecule has 4 heterocycles. The first-order valence-electron chi connectivity index (χ1n) is 12.7. The van der Waals surface area contributed by atoms with E-state index in [-0.39, 0.29) is 24.3 Å². The number of aromatic nitrogens is 1. The van der Waals surface area contributed by atoms with Gasteiger partial charge in [0, 0.05) is 44.4 Å². The molecular weight excluding hydrogens is 468 g/mol. The number of rotatable bonds is 6. The van der Waals surface area contributed by atoms with Gasteiger partial charge in [0.05, 0.1) is 5.69 Å². The molecule has 8 heteroatoms. The molecule has 188 valence electrons. The molecule has 0 radical (unpaired) electrons. The van der Waals surface area contributed by atoms with Crippen LogP contribution in [0.4, 0.5) is 0 Å². The first-order valence-corrected chi connectivity index (χ1v) is 12.7. The highest BCUT2D eigenvalue weighted by molar-refractivity contribution is 6.05. The van der Waals surface area contributed by atoms with Crippen LogP contribution < -0.4 is 10.1 Å². The minimum atomic E-state index is -0.612. The summed E-state index contributed by atoms with van der Waals surface area (Å²) in [4.78, 5) is 45.2. The number of hydrogen-bond acceptors (Lipinski definition) is 6. The van der Waals surface area contributed by atoms with Crippen molar-refractivity contribution in [3.63, 3.8) is 0 Å². The van der Waals surface area contributed by atoms with Crippen molar-refractivity contribution in [3.05, 3.63) is 83.7 Å². The fraction of sp³-hybridized carbons (Fsp3) is 0.310. The van der Waals surface area contributed by atoms with Crippen molar-refractivity contribution in [2.24, 2.45) is 0 Å². The smallest absolute Gasteiger partial charge is 0.255 e. The zero-order valence-electron chi connectivity index (χ0n) is 20.4. The Balaban J connectivity index is 1.07. The Morgan fingerprint density at radius 1 is 0.973 bits per heavy atom. The Labute approximate surface area is 215 Å². The van der Waals surface area contributed by atoms with Crippen LogP contribution in [0.1, 0.15) is 40.9 Å². The molecule has 1 aromatic heterocycles. The number of pyridine rings is 1. The fourth-order valence-corrected chi connectivity index (χ4v) is 5.46. The minimum Gasteiger partial charge on any atom is -0.489 e. The van der Waals surface area contributed by atoms with Gasteiger partial charge in [-0.2, -0.15) is 0 Å². The van der Waals surface area contributed by atoms with E-state index in [1.807, 2.05) is 42.6 Å². The third-order valence-electron chi connectivity index (χ3n) is 7.34. The Morgan fingerprint density at radius 3 is 2.68 bits per heavy atom. The maximum absolute atomic E-state index is 12.9. The normalized spacial score (nSPS) is 21.7. The second kappa shape index (κ2) is 9.78. The van der Waals surface area contributed by atoms with Gasteiger partial charge in [0.2, 0.25) is 11.8 Å². The summed E-state index contributed by atoms with van der Waals surface area (Å²) in [7, 11) is 0. The molecule has 0 saturated carbocycles. The predicted molar refractivity (Wildman–Crippen MR) is 136 cm³/mol. The van der Waals surface area contributed by atoms with E-state index in [4.69, 9.17) is 4.74 Å². The molecule has 2 atom stereocenters. The molecule has 0 bridgehead atoms. The lowest BCUT2D eigenvalue weighted by Crippen LogP contribution is -2.52. The van der Waals surface area contributed by atoms with Crippen LogP contribution in [-0.4, -0.2) is 57.7 Å². The van der Waals surface area contributed by atoms with Crippen molar-refractivity contribution in [3.8, 4) is 16.9 Å². The van der Waals surface area contributed by atoms with Gasteiger partial charge in [-0.25, -0.2) is 0 Å². The summed E-state index contributed by atoms with van der Waals surface area (Å²) in [6.45, 7) is 2.84. The van der Waals surface area contributed by atoms with Crippen molar-refractivity contribution in [1.82, 2.24) is 20.1 Å². The summed E-state index contributed by atoms with van der Waals surface area (Å²) >= 11 is 0. The van der Waals surface area contributed by atoms with E-state index in [2.05, 4.69) is 33.4 Å². The zero-order valence-corrected chi connectivity index (χ0v) is 20.4. The average Bonchev–Trinajstić information content (AvgIpc) is 3.48. The van der Waals surface area contributed by atoms with Crippen LogP contribution in [0, 0.1) is 0 Å². The molecule has 3 aliphatic heterocycles. The SMILES string of the molecule is O=C1CCC(N2Cc3cc(O[C@H]4CCN(Cc5cc(-c6ccccc6)ccn5)C4)ccc3C2=O)C(=O)N1. The quantitative estimate of drug-likeness (QED) is 0.527. The van der Waals surface area contributed by atoms with Crippen molar-refractivity contribution in [2.45, 2.75) is 44.5 Å². The summed E-state index contributed by atoms with van der Waals surface area (Å²) in [5.74, 6) is -0.129. The number of likely N-dealkylation sites (tertiary alicyclic amines) is 1. The van der Waals surface area contributed by atoms with Gasteiger partial charge in [0.1, 0.15) is 17.9 Å². The summed E-state index contributed by atoms with van der Waals surface area (Å²) in [6, 6.07) is 19.4. The van der Waals surface area contributed by atoms with E-state index in [0.717, 1.165) is 48.6 Å². The van der Waals surface area contributed by atoms with Gasteiger partial charge >= 0.3 is 0 Å². The molecular formula is C29H28N4O4. The Hall–Kier alpha value is -4.04. The summed E-state index contributed by atoms with van der Waals surface area (Å²) in [6.07, 6.45) is 3.44. The van der Waals surface area contributed by atoms with Crippen LogP contribution in [0.15, 0.2) is 66.9 Å². The van der Waals surface area contributed by atoms with E-state index in [1.165, 1.54) is 5.56 Å². The van der Waals surface area contributed by atoms with Gasteiger partial charge in [0.15, 0.2) is 0 Å². The minimum absolute atomic E-state index is 0.0544. The molecule has 2 aromatic carbocycles. The average molecular weight is 497 g/mol. The topological polar surface area (TPSA) is 91.8 Å². The number of imide groups is 1. The number of nitrogens with zero attached hydrogens (tertiary/aromatic N) is 3. The molecule has 3 amide bonds. The molecule has 0 aliphatic carbocycles. The molecule has 1 unspecified atom stereocenters. The van der Waals surface area contributed by atoms with Gasteiger partial charge in [0.25, 0.3) is 5.91 Å². The molecule has 0 spiro atoms. The maximum Gasteiger partial charge on any atom is 0.255 e. The van der Waals surface area contributed by atoms with Gasteiger partial charge < -0.3 is 9.64 Å². The van der Waals surface area contributed by atoms with Crippen LogP contribution in [0.2, 0.25) is 0 Å². The summed E-state index contributed by atoms with van der Waals surface area (Å²) < 4.78 is 6.30. The molecule has 6 rings (SSSR count). The highest BCUT2D eigenvalue weighted by atomic mass is 16.5. The van der Waals surface area contributed by atoms with Gasteiger partial charge in [-0.15, -0.1) is 0 Å². The number of amides is 3. The van der Waals surface area contributed by atoms with Crippen molar-refractivity contribution < 1.29 is 19.1 Å². The molecule has 8 nitrogen and oxygen atoms in total. The summed E-state index contributed by atoms with van der Waals surface area (Å²) in [5, 5.41) is 2.34. The highest BCUT2D eigenvalue weighted by Gasteiger charge is 2.39. The van der Waals surface area contributed by atoms with E-state index in [1.54, 1.807) is 11.0 Å². The molecule has 37 heavy (non-hydrogen) atoms. The summed E-state index contributed by atoms with van der Waals surface area (Å²) in [5.41, 5.74) is 4.82. The third-order valence-corrected chi connectivity index (χ3v) is 7.34. The number of nitrogens with one attached hydrogen (secondary N) is 1. The van der Waals surface area contributed by atoms with Gasteiger partial charge in [-0.05, 0) is 59.9 Å². The van der Waals surface area contributed by atoms with Crippen LogP contribution in [-0.2, 0) is 22.7 Å². The van der Waals surface area contributed by atoms with Crippen molar-refractivity contribution in [2.75, 3.05) is 13.1 Å².